The molecule has 0 radical (unpaired) electrons. The van der Waals surface area contributed by atoms with Gasteiger partial charge < -0.3 is 10.5 Å². The first kappa shape index (κ1) is 14.4. The Morgan fingerprint density at radius 3 is 2.68 bits per heavy atom. The quantitative estimate of drug-likeness (QED) is 0.903. The van der Waals surface area contributed by atoms with Gasteiger partial charge in [-0.25, -0.2) is 4.39 Å². The zero-order chi connectivity index (χ0) is 13.8. The lowest BCUT2D eigenvalue weighted by Crippen LogP contribution is -2.52. The van der Waals surface area contributed by atoms with Gasteiger partial charge in [-0.15, -0.1) is 0 Å². The SMILES string of the molecule is CC(N)C1CN(C(C)Cc2ccc(F)cc2)CCO1. The molecule has 3 nitrogen and oxygen atoms in total. The van der Waals surface area contributed by atoms with Gasteiger partial charge in [-0.05, 0) is 38.0 Å². The van der Waals surface area contributed by atoms with Crippen LogP contribution in [-0.4, -0.2) is 42.8 Å². The van der Waals surface area contributed by atoms with Gasteiger partial charge in [0.15, 0.2) is 0 Å². The molecular formula is C15H23FN2O. The summed E-state index contributed by atoms with van der Waals surface area (Å²) >= 11 is 0. The number of hydrogen-bond acceptors (Lipinski definition) is 3. The average molecular weight is 266 g/mol. The fraction of sp³-hybridized carbons (Fsp3) is 0.600. The molecule has 2 N–H and O–H groups in total. The Kier molecular flexibility index (Phi) is 4.91. The van der Waals surface area contributed by atoms with Crippen LogP contribution in [0.2, 0.25) is 0 Å². The summed E-state index contributed by atoms with van der Waals surface area (Å²) in [6.45, 7) is 6.73. The van der Waals surface area contributed by atoms with Crippen molar-refractivity contribution >= 4 is 0 Å². The van der Waals surface area contributed by atoms with Gasteiger partial charge in [-0.1, -0.05) is 12.1 Å². The molecule has 0 aromatic heterocycles. The third kappa shape index (κ3) is 4.00. The minimum absolute atomic E-state index is 0.0563. The molecule has 0 spiro atoms. The van der Waals surface area contributed by atoms with Crippen LogP contribution < -0.4 is 5.73 Å². The van der Waals surface area contributed by atoms with Crippen LogP contribution in [-0.2, 0) is 11.2 Å². The third-order valence-corrected chi connectivity index (χ3v) is 3.78. The lowest BCUT2D eigenvalue weighted by Gasteiger charge is -2.38. The summed E-state index contributed by atoms with van der Waals surface area (Å²) in [5, 5.41) is 0. The van der Waals surface area contributed by atoms with Crippen molar-refractivity contribution in [2.45, 2.75) is 38.5 Å². The zero-order valence-corrected chi connectivity index (χ0v) is 11.7. The molecule has 0 saturated carbocycles. The van der Waals surface area contributed by atoms with Crippen LogP contribution >= 0.6 is 0 Å². The van der Waals surface area contributed by atoms with Crippen molar-refractivity contribution in [3.05, 3.63) is 35.6 Å². The molecular weight excluding hydrogens is 243 g/mol. The van der Waals surface area contributed by atoms with Crippen molar-refractivity contribution in [1.82, 2.24) is 4.90 Å². The van der Waals surface area contributed by atoms with E-state index in [2.05, 4.69) is 11.8 Å². The van der Waals surface area contributed by atoms with E-state index in [1.807, 2.05) is 19.1 Å². The van der Waals surface area contributed by atoms with Crippen molar-refractivity contribution in [1.29, 1.82) is 0 Å². The van der Waals surface area contributed by atoms with E-state index < -0.39 is 0 Å². The second-order valence-electron chi connectivity index (χ2n) is 5.44. The highest BCUT2D eigenvalue weighted by atomic mass is 19.1. The fourth-order valence-corrected chi connectivity index (χ4v) is 2.51. The Bertz CT molecular complexity index is 394. The van der Waals surface area contributed by atoms with E-state index >= 15 is 0 Å². The van der Waals surface area contributed by atoms with E-state index in [0.717, 1.165) is 31.7 Å². The molecule has 1 aromatic carbocycles. The van der Waals surface area contributed by atoms with Gasteiger partial charge in [0, 0.05) is 25.2 Å². The predicted octanol–water partition coefficient (Wildman–Crippen LogP) is 1.80. The van der Waals surface area contributed by atoms with E-state index in [9.17, 15) is 4.39 Å². The number of hydrogen-bond donors (Lipinski definition) is 1. The zero-order valence-electron chi connectivity index (χ0n) is 11.7. The van der Waals surface area contributed by atoms with Crippen molar-refractivity contribution in [3.8, 4) is 0 Å². The Morgan fingerprint density at radius 1 is 1.37 bits per heavy atom. The molecule has 3 atom stereocenters. The summed E-state index contributed by atoms with van der Waals surface area (Å²) in [6, 6.07) is 7.22. The van der Waals surface area contributed by atoms with Gasteiger partial charge >= 0.3 is 0 Å². The molecule has 0 aliphatic carbocycles. The average Bonchev–Trinajstić information content (AvgIpc) is 2.41. The van der Waals surface area contributed by atoms with Crippen molar-refractivity contribution in [2.24, 2.45) is 5.73 Å². The Hall–Kier alpha value is -0.970. The van der Waals surface area contributed by atoms with Gasteiger partial charge in [-0.3, -0.25) is 4.90 Å². The van der Waals surface area contributed by atoms with E-state index in [0.29, 0.717) is 6.04 Å². The molecule has 0 amide bonds. The maximum absolute atomic E-state index is 12.9. The summed E-state index contributed by atoms with van der Waals surface area (Å²) in [5.74, 6) is -0.181. The lowest BCUT2D eigenvalue weighted by molar-refractivity contribution is -0.0492. The number of morpholine rings is 1. The Labute approximate surface area is 114 Å². The highest BCUT2D eigenvalue weighted by Crippen LogP contribution is 2.15. The summed E-state index contributed by atoms with van der Waals surface area (Å²) in [5.41, 5.74) is 7.07. The van der Waals surface area contributed by atoms with Crippen LogP contribution in [0.1, 0.15) is 19.4 Å². The van der Waals surface area contributed by atoms with Gasteiger partial charge in [-0.2, -0.15) is 0 Å². The van der Waals surface area contributed by atoms with Crippen LogP contribution in [0, 0.1) is 5.82 Å². The maximum atomic E-state index is 12.9. The molecule has 3 unspecified atom stereocenters. The van der Waals surface area contributed by atoms with Gasteiger partial charge in [0.25, 0.3) is 0 Å². The normalized spacial score (nSPS) is 24.1. The number of benzene rings is 1. The number of halogens is 1. The minimum Gasteiger partial charge on any atom is -0.374 e. The molecule has 2 rings (SSSR count). The van der Waals surface area contributed by atoms with E-state index in [1.54, 1.807) is 0 Å². The molecule has 1 aliphatic heterocycles. The number of nitrogens with zero attached hydrogens (tertiary/aromatic N) is 1. The standard InChI is InChI=1S/C15H23FN2O/c1-11(9-13-3-5-14(16)6-4-13)18-7-8-19-15(10-18)12(2)17/h3-6,11-12,15H,7-10,17H2,1-2H3. The summed E-state index contributed by atoms with van der Waals surface area (Å²) < 4.78 is 18.5. The fourth-order valence-electron chi connectivity index (χ4n) is 2.51. The minimum atomic E-state index is -0.181. The van der Waals surface area contributed by atoms with Gasteiger partial charge in [0.2, 0.25) is 0 Å². The van der Waals surface area contributed by atoms with Crippen LogP contribution in [0.3, 0.4) is 0 Å². The molecule has 19 heavy (non-hydrogen) atoms. The van der Waals surface area contributed by atoms with E-state index in [-0.39, 0.29) is 18.0 Å². The molecule has 1 heterocycles. The smallest absolute Gasteiger partial charge is 0.123 e. The largest absolute Gasteiger partial charge is 0.374 e. The lowest BCUT2D eigenvalue weighted by atomic mass is 10.0. The molecule has 4 heteroatoms. The summed E-state index contributed by atoms with van der Waals surface area (Å²) in [7, 11) is 0. The maximum Gasteiger partial charge on any atom is 0.123 e. The van der Waals surface area contributed by atoms with Gasteiger partial charge in [0.05, 0.1) is 12.7 Å². The topological polar surface area (TPSA) is 38.5 Å². The second kappa shape index (κ2) is 6.46. The number of rotatable bonds is 4. The van der Waals surface area contributed by atoms with Gasteiger partial charge in [0.1, 0.15) is 5.82 Å². The molecule has 1 saturated heterocycles. The highest BCUT2D eigenvalue weighted by molar-refractivity contribution is 5.17. The second-order valence-corrected chi connectivity index (χ2v) is 5.44. The molecule has 1 aliphatic rings. The Balaban J connectivity index is 1.92. The van der Waals surface area contributed by atoms with Crippen molar-refractivity contribution in [2.75, 3.05) is 19.7 Å². The van der Waals surface area contributed by atoms with Crippen LogP contribution in [0.5, 0.6) is 0 Å². The monoisotopic (exact) mass is 266 g/mol. The predicted molar refractivity (Wildman–Crippen MR) is 74.5 cm³/mol. The first-order chi connectivity index (χ1) is 9.06. The molecule has 1 fully saturated rings. The molecule has 106 valence electrons. The first-order valence-corrected chi connectivity index (χ1v) is 6.92. The first-order valence-electron chi connectivity index (χ1n) is 6.92. The van der Waals surface area contributed by atoms with Crippen LogP contribution in [0.4, 0.5) is 4.39 Å². The van der Waals surface area contributed by atoms with Crippen molar-refractivity contribution in [3.63, 3.8) is 0 Å². The van der Waals surface area contributed by atoms with Crippen LogP contribution in [0.25, 0.3) is 0 Å². The van der Waals surface area contributed by atoms with E-state index in [4.69, 9.17) is 10.5 Å². The summed E-state index contributed by atoms with van der Waals surface area (Å²) in [4.78, 5) is 2.40. The van der Waals surface area contributed by atoms with Crippen LogP contribution in [0.15, 0.2) is 24.3 Å². The third-order valence-electron chi connectivity index (χ3n) is 3.78. The Morgan fingerprint density at radius 2 is 2.05 bits per heavy atom. The highest BCUT2D eigenvalue weighted by Gasteiger charge is 2.26. The number of nitrogens with two attached hydrogens (primary N) is 1. The molecule has 1 aromatic rings. The van der Waals surface area contributed by atoms with E-state index in [1.165, 1.54) is 12.1 Å². The summed E-state index contributed by atoms with van der Waals surface area (Å²) in [6.07, 6.45) is 1.04. The van der Waals surface area contributed by atoms with Crippen molar-refractivity contribution < 1.29 is 9.13 Å². The number of ether oxygens (including phenoxy) is 1. The molecule has 0 bridgehead atoms.